The maximum Gasteiger partial charge on any atom is 0.147 e. The van der Waals surface area contributed by atoms with Gasteiger partial charge in [0.15, 0.2) is 0 Å². The second kappa shape index (κ2) is 3.00. The lowest BCUT2D eigenvalue weighted by Gasteiger charge is -2.15. The zero-order valence-corrected chi connectivity index (χ0v) is 6.90. The maximum atomic E-state index is 5.62. The van der Waals surface area contributed by atoms with Crippen LogP contribution in [-0.4, -0.2) is 16.3 Å². The molecular weight excluding hydrogens is 164 g/mol. The normalized spacial score (nSPS) is 14.5. The van der Waals surface area contributed by atoms with Gasteiger partial charge in [0.2, 0.25) is 0 Å². The van der Waals surface area contributed by atoms with Crippen molar-refractivity contribution in [3.05, 3.63) is 6.20 Å². The van der Waals surface area contributed by atoms with E-state index in [1.807, 2.05) is 4.68 Å². The summed E-state index contributed by atoms with van der Waals surface area (Å²) >= 11 is 0. The van der Waals surface area contributed by atoms with Crippen molar-refractivity contribution < 1.29 is 0 Å². The second-order valence-corrected chi connectivity index (χ2v) is 2.45. The van der Waals surface area contributed by atoms with Crippen LogP contribution in [0.3, 0.4) is 0 Å². The van der Waals surface area contributed by atoms with E-state index >= 15 is 0 Å². The molecular formula is C6H11ClN4. The van der Waals surface area contributed by atoms with Gasteiger partial charge in [-0.3, -0.25) is 0 Å². The van der Waals surface area contributed by atoms with Crippen molar-refractivity contribution in [2.75, 3.05) is 17.6 Å². The van der Waals surface area contributed by atoms with E-state index < -0.39 is 0 Å². The van der Waals surface area contributed by atoms with Gasteiger partial charge in [0.25, 0.3) is 0 Å². The standard InChI is InChI=1S/C6H10N4.ClH/c7-5-4-9-10-3-1-2-8-6(5)10;/h4,8H,1-3,7H2;1H. The predicted molar refractivity (Wildman–Crippen MR) is 47.0 cm³/mol. The third-order valence-corrected chi connectivity index (χ3v) is 1.71. The summed E-state index contributed by atoms with van der Waals surface area (Å²) in [5.41, 5.74) is 6.37. The molecule has 62 valence electrons. The van der Waals surface area contributed by atoms with Crippen LogP contribution in [0.15, 0.2) is 6.20 Å². The number of nitrogen functional groups attached to an aromatic ring is 1. The van der Waals surface area contributed by atoms with Gasteiger partial charge in [-0.2, -0.15) is 5.10 Å². The third-order valence-electron chi connectivity index (χ3n) is 1.71. The largest absolute Gasteiger partial charge is 0.394 e. The van der Waals surface area contributed by atoms with E-state index in [0.717, 1.165) is 31.0 Å². The van der Waals surface area contributed by atoms with E-state index in [4.69, 9.17) is 5.73 Å². The highest BCUT2D eigenvalue weighted by Gasteiger charge is 2.10. The van der Waals surface area contributed by atoms with Gasteiger partial charge in [0.1, 0.15) is 5.82 Å². The molecule has 0 saturated heterocycles. The van der Waals surface area contributed by atoms with Gasteiger partial charge in [0.05, 0.1) is 11.9 Å². The molecule has 1 aromatic heterocycles. The number of anilines is 2. The van der Waals surface area contributed by atoms with Gasteiger partial charge in [-0.05, 0) is 6.42 Å². The Morgan fingerprint density at radius 2 is 2.45 bits per heavy atom. The summed E-state index contributed by atoms with van der Waals surface area (Å²) in [5, 5.41) is 7.27. The Hall–Kier alpha value is -0.900. The van der Waals surface area contributed by atoms with Crippen LogP contribution in [0, 0.1) is 0 Å². The van der Waals surface area contributed by atoms with Gasteiger partial charge < -0.3 is 11.1 Å². The van der Waals surface area contributed by atoms with Crippen molar-refractivity contribution in [3.8, 4) is 0 Å². The second-order valence-electron chi connectivity index (χ2n) is 2.45. The minimum atomic E-state index is 0. The predicted octanol–water partition coefficient (Wildman–Crippen LogP) is 0.703. The summed E-state index contributed by atoms with van der Waals surface area (Å²) in [4.78, 5) is 0. The average molecular weight is 175 g/mol. The first kappa shape index (κ1) is 8.20. The number of hydrogen-bond acceptors (Lipinski definition) is 3. The molecule has 0 bridgehead atoms. The number of fused-ring (bicyclic) bond motifs is 1. The van der Waals surface area contributed by atoms with Crippen molar-refractivity contribution >= 4 is 23.9 Å². The molecule has 1 aliphatic rings. The highest BCUT2D eigenvalue weighted by Crippen LogP contribution is 2.20. The number of aromatic nitrogens is 2. The van der Waals surface area contributed by atoms with Crippen LogP contribution in [0.2, 0.25) is 0 Å². The highest BCUT2D eigenvalue weighted by atomic mass is 35.5. The smallest absolute Gasteiger partial charge is 0.147 e. The summed E-state index contributed by atoms with van der Waals surface area (Å²) in [5.74, 6) is 0.978. The Labute approximate surface area is 71.2 Å². The van der Waals surface area contributed by atoms with Gasteiger partial charge in [-0.25, -0.2) is 4.68 Å². The van der Waals surface area contributed by atoms with Crippen LogP contribution < -0.4 is 11.1 Å². The first-order valence-electron chi connectivity index (χ1n) is 3.43. The van der Waals surface area contributed by atoms with Crippen molar-refractivity contribution in [2.24, 2.45) is 0 Å². The first-order valence-corrected chi connectivity index (χ1v) is 3.43. The Balaban J connectivity index is 0.000000605. The van der Waals surface area contributed by atoms with Crippen molar-refractivity contribution in [2.45, 2.75) is 13.0 Å². The molecule has 1 aromatic rings. The van der Waals surface area contributed by atoms with Crippen LogP contribution in [-0.2, 0) is 6.54 Å². The van der Waals surface area contributed by atoms with E-state index in [9.17, 15) is 0 Å². The zero-order valence-electron chi connectivity index (χ0n) is 6.08. The monoisotopic (exact) mass is 174 g/mol. The van der Waals surface area contributed by atoms with Gasteiger partial charge in [-0.15, -0.1) is 12.4 Å². The van der Waals surface area contributed by atoms with Crippen molar-refractivity contribution in [1.82, 2.24) is 9.78 Å². The Morgan fingerprint density at radius 3 is 3.18 bits per heavy atom. The van der Waals surface area contributed by atoms with Crippen LogP contribution in [0.25, 0.3) is 0 Å². The minimum Gasteiger partial charge on any atom is -0.394 e. The summed E-state index contributed by atoms with van der Waals surface area (Å²) < 4.78 is 1.90. The molecule has 4 nitrogen and oxygen atoms in total. The number of nitrogens with two attached hydrogens (primary N) is 1. The quantitative estimate of drug-likeness (QED) is 0.609. The molecule has 2 rings (SSSR count). The number of nitrogens with zero attached hydrogens (tertiary/aromatic N) is 2. The molecule has 0 aliphatic carbocycles. The molecule has 0 amide bonds. The molecule has 1 aliphatic heterocycles. The minimum absolute atomic E-state index is 0. The van der Waals surface area contributed by atoms with Gasteiger partial charge in [-0.1, -0.05) is 0 Å². The van der Waals surface area contributed by atoms with Gasteiger partial charge >= 0.3 is 0 Å². The summed E-state index contributed by atoms with van der Waals surface area (Å²) in [6, 6.07) is 0. The zero-order chi connectivity index (χ0) is 6.97. The van der Waals surface area contributed by atoms with E-state index in [2.05, 4.69) is 10.4 Å². The number of rotatable bonds is 0. The lowest BCUT2D eigenvalue weighted by molar-refractivity contribution is 0.568. The molecule has 3 N–H and O–H groups in total. The van der Waals surface area contributed by atoms with Crippen molar-refractivity contribution in [3.63, 3.8) is 0 Å². The molecule has 0 fully saturated rings. The number of halogens is 1. The number of aryl methyl sites for hydroxylation is 1. The SMILES string of the molecule is Cl.Nc1cnn2c1NCCC2. The summed E-state index contributed by atoms with van der Waals surface area (Å²) in [7, 11) is 0. The molecule has 0 radical (unpaired) electrons. The maximum absolute atomic E-state index is 5.62. The fraction of sp³-hybridized carbons (Fsp3) is 0.500. The molecule has 2 heterocycles. The lowest BCUT2D eigenvalue weighted by Crippen LogP contribution is -2.18. The Morgan fingerprint density at radius 1 is 1.64 bits per heavy atom. The fourth-order valence-corrected chi connectivity index (χ4v) is 1.20. The molecule has 0 aromatic carbocycles. The average Bonchev–Trinajstić information content (AvgIpc) is 2.34. The molecule has 5 heteroatoms. The topological polar surface area (TPSA) is 55.9 Å². The molecule has 0 spiro atoms. The highest BCUT2D eigenvalue weighted by molar-refractivity contribution is 5.85. The number of hydrogen-bond donors (Lipinski definition) is 2. The van der Waals surface area contributed by atoms with E-state index in [-0.39, 0.29) is 12.4 Å². The Bertz CT molecular complexity index is 245. The van der Waals surface area contributed by atoms with Crippen LogP contribution in [0.1, 0.15) is 6.42 Å². The molecule has 0 saturated carbocycles. The number of nitrogens with one attached hydrogen (secondary N) is 1. The van der Waals surface area contributed by atoms with E-state index in [1.165, 1.54) is 0 Å². The van der Waals surface area contributed by atoms with Crippen LogP contribution in [0.5, 0.6) is 0 Å². The molecule has 0 atom stereocenters. The van der Waals surface area contributed by atoms with E-state index in [1.54, 1.807) is 6.20 Å². The summed E-state index contributed by atoms with van der Waals surface area (Å²) in [6.07, 6.45) is 2.82. The lowest BCUT2D eigenvalue weighted by atomic mass is 10.3. The van der Waals surface area contributed by atoms with Gasteiger partial charge in [0, 0.05) is 13.1 Å². The molecule has 11 heavy (non-hydrogen) atoms. The van der Waals surface area contributed by atoms with Crippen LogP contribution in [0.4, 0.5) is 11.5 Å². The summed E-state index contributed by atoms with van der Waals surface area (Å²) in [6.45, 7) is 2.00. The molecule has 0 unspecified atom stereocenters. The first-order chi connectivity index (χ1) is 4.88. The van der Waals surface area contributed by atoms with Crippen molar-refractivity contribution in [1.29, 1.82) is 0 Å². The van der Waals surface area contributed by atoms with Crippen LogP contribution >= 0.6 is 12.4 Å². The van der Waals surface area contributed by atoms with E-state index in [0.29, 0.717) is 0 Å². The Kier molecular flexibility index (Phi) is 2.24. The fourth-order valence-electron chi connectivity index (χ4n) is 1.20. The third kappa shape index (κ3) is 1.26.